The molecule has 1 aromatic heterocycles. The Kier molecular flexibility index (Phi) is 3.97. The second kappa shape index (κ2) is 5.72. The molecule has 2 heterocycles. The average Bonchev–Trinajstić information content (AvgIpc) is 2.48. The summed E-state index contributed by atoms with van der Waals surface area (Å²) in [5.41, 5.74) is 8.73. The SMILES string of the molecule is Cc1cc(CN)cc(N2CCC3(CCCCC3)CC2)n1. The molecule has 0 radical (unpaired) electrons. The molecular formula is C17H27N3. The molecule has 1 aliphatic heterocycles. The van der Waals surface area contributed by atoms with Crippen molar-refractivity contribution in [2.75, 3.05) is 18.0 Å². The van der Waals surface area contributed by atoms with Gasteiger partial charge in [0.25, 0.3) is 0 Å². The van der Waals surface area contributed by atoms with Crippen molar-refractivity contribution in [3.63, 3.8) is 0 Å². The molecular weight excluding hydrogens is 246 g/mol. The van der Waals surface area contributed by atoms with E-state index >= 15 is 0 Å². The predicted octanol–water partition coefficient (Wildman–Crippen LogP) is 3.40. The Bertz CT molecular complexity index is 453. The van der Waals surface area contributed by atoms with Crippen LogP contribution < -0.4 is 10.6 Å². The Labute approximate surface area is 122 Å². The van der Waals surface area contributed by atoms with E-state index in [1.807, 2.05) is 0 Å². The van der Waals surface area contributed by atoms with E-state index in [4.69, 9.17) is 10.7 Å². The number of aromatic nitrogens is 1. The maximum absolute atomic E-state index is 5.78. The van der Waals surface area contributed by atoms with Crippen LogP contribution in [0.2, 0.25) is 0 Å². The van der Waals surface area contributed by atoms with Crippen molar-refractivity contribution in [3.8, 4) is 0 Å². The monoisotopic (exact) mass is 273 g/mol. The van der Waals surface area contributed by atoms with Gasteiger partial charge in [-0.25, -0.2) is 4.98 Å². The smallest absolute Gasteiger partial charge is 0.129 e. The molecule has 3 rings (SSSR count). The second-order valence-corrected chi connectivity index (χ2v) is 6.73. The first-order chi connectivity index (χ1) is 9.71. The van der Waals surface area contributed by atoms with Crippen molar-refractivity contribution in [1.29, 1.82) is 0 Å². The van der Waals surface area contributed by atoms with Gasteiger partial charge in [0.2, 0.25) is 0 Å². The van der Waals surface area contributed by atoms with Crippen LogP contribution >= 0.6 is 0 Å². The van der Waals surface area contributed by atoms with Gasteiger partial charge < -0.3 is 10.6 Å². The van der Waals surface area contributed by atoms with E-state index in [0.717, 1.165) is 11.5 Å². The molecule has 2 N–H and O–H groups in total. The van der Waals surface area contributed by atoms with Gasteiger partial charge in [-0.05, 0) is 55.7 Å². The molecule has 2 aliphatic rings. The van der Waals surface area contributed by atoms with E-state index < -0.39 is 0 Å². The zero-order chi connectivity index (χ0) is 14.0. The molecule has 0 aromatic carbocycles. The third kappa shape index (κ3) is 2.83. The van der Waals surface area contributed by atoms with Crippen LogP contribution in [0.15, 0.2) is 12.1 Å². The third-order valence-electron chi connectivity index (χ3n) is 5.30. The topological polar surface area (TPSA) is 42.1 Å². The van der Waals surface area contributed by atoms with Gasteiger partial charge in [-0.2, -0.15) is 0 Å². The molecule has 1 saturated carbocycles. The van der Waals surface area contributed by atoms with Crippen LogP contribution in [-0.4, -0.2) is 18.1 Å². The molecule has 1 aromatic rings. The molecule has 1 aliphatic carbocycles. The fourth-order valence-corrected chi connectivity index (χ4v) is 4.01. The summed E-state index contributed by atoms with van der Waals surface area (Å²) in [6, 6.07) is 4.27. The number of aryl methyl sites for hydroxylation is 1. The maximum Gasteiger partial charge on any atom is 0.129 e. The van der Waals surface area contributed by atoms with Crippen LogP contribution in [0.25, 0.3) is 0 Å². The van der Waals surface area contributed by atoms with Crippen LogP contribution in [0.4, 0.5) is 5.82 Å². The number of nitrogens with two attached hydrogens (primary N) is 1. The summed E-state index contributed by atoms with van der Waals surface area (Å²) < 4.78 is 0. The van der Waals surface area contributed by atoms with E-state index in [9.17, 15) is 0 Å². The van der Waals surface area contributed by atoms with Crippen molar-refractivity contribution >= 4 is 5.82 Å². The minimum atomic E-state index is 0.605. The maximum atomic E-state index is 5.78. The normalized spacial score (nSPS) is 22.2. The standard InChI is InChI=1S/C17H27N3/c1-14-11-15(13-18)12-16(19-14)20-9-7-17(8-10-20)5-3-2-4-6-17/h11-12H,2-10,13,18H2,1H3. The quantitative estimate of drug-likeness (QED) is 0.898. The van der Waals surface area contributed by atoms with Gasteiger partial charge in [-0.15, -0.1) is 0 Å². The van der Waals surface area contributed by atoms with Gasteiger partial charge >= 0.3 is 0 Å². The highest BCUT2D eigenvalue weighted by molar-refractivity contribution is 5.43. The zero-order valence-electron chi connectivity index (χ0n) is 12.7. The Morgan fingerprint density at radius 1 is 1.10 bits per heavy atom. The molecule has 1 saturated heterocycles. The molecule has 1 spiro atoms. The molecule has 2 fully saturated rings. The summed E-state index contributed by atoms with van der Waals surface area (Å²) in [6.45, 7) is 5.00. The van der Waals surface area contributed by atoms with Crippen molar-refractivity contribution < 1.29 is 0 Å². The lowest BCUT2D eigenvalue weighted by Crippen LogP contribution is -2.41. The first kappa shape index (κ1) is 13.9. The van der Waals surface area contributed by atoms with Crippen LogP contribution in [0, 0.1) is 12.3 Å². The number of piperidine rings is 1. The van der Waals surface area contributed by atoms with E-state index in [2.05, 4.69) is 24.0 Å². The zero-order valence-corrected chi connectivity index (χ0v) is 12.7. The van der Waals surface area contributed by atoms with Crippen LogP contribution in [0.5, 0.6) is 0 Å². The van der Waals surface area contributed by atoms with E-state index in [1.54, 1.807) is 0 Å². The lowest BCUT2D eigenvalue weighted by Gasteiger charge is -2.44. The molecule has 3 heteroatoms. The van der Waals surface area contributed by atoms with Gasteiger partial charge in [-0.3, -0.25) is 0 Å². The molecule has 0 atom stereocenters. The number of pyridine rings is 1. The number of rotatable bonds is 2. The first-order valence-corrected chi connectivity index (χ1v) is 8.13. The molecule has 20 heavy (non-hydrogen) atoms. The number of anilines is 1. The molecule has 110 valence electrons. The highest BCUT2D eigenvalue weighted by atomic mass is 15.2. The molecule has 0 unspecified atom stereocenters. The summed E-state index contributed by atoms with van der Waals surface area (Å²) >= 11 is 0. The highest BCUT2D eigenvalue weighted by Crippen LogP contribution is 2.44. The predicted molar refractivity (Wildman–Crippen MR) is 83.8 cm³/mol. The van der Waals surface area contributed by atoms with Gasteiger partial charge in [0.15, 0.2) is 0 Å². The van der Waals surface area contributed by atoms with E-state index in [-0.39, 0.29) is 0 Å². The van der Waals surface area contributed by atoms with Crippen molar-refractivity contribution in [3.05, 3.63) is 23.4 Å². The Hall–Kier alpha value is -1.09. The second-order valence-electron chi connectivity index (χ2n) is 6.73. The molecule has 0 bridgehead atoms. The van der Waals surface area contributed by atoms with Crippen LogP contribution in [0.3, 0.4) is 0 Å². The number of hydrogen-bond donors (Lipinski definition) is 1. The van der Waals surface area contributed by atoms with Crippen LogP contribution in [-0.2, 0) is 6.54 Å². The summed E-state index contributed by atoms with van der Waals surface area (Å²) in [5.74, 6) is 1.14. The Balaban J connectivity index is 1.70. The number of nitrogens with zero attached hydrogens (tertiary/aromatic N) is 2. The fraction of sp³-hybridized carbons (Fsp3) is 0.706. The largest absolute Gasteiger partial charge is 0.357 e. The molecule has 3 nitrogen and oxygen atoms in total. The lowest BCUT2D eigenvalue weighted by molar-refractivity contribution is 0.144. The van der Waals surface area contributed by atoms with Crippen molar-refractivity contribution in [2.24, 2.45) is 11.1 Å². The van der Waals surface area contributed by atoms with E-state index in [0.29, 0.717) is 12.0 Å². The van der Waals surface area contributed by atoms with Gasteiger partial charge in [0.05, 0.1) is 0 Å². The average molecular weight is 273 g/mol. The summed E-state index contributed by atoms with van der Waals surface area (Å²) in [6.07, 6.45) is 9.94. The Morgan fingerprint density at radius 2 is 1.80 bits per heavy atom. The summed E-state index contributed by atoms with van der Waals surface area (Å²) in [7, 11) is 0. The van der Waals surface area contributed by atoms with Crippen molar-refractivity contribution in [1.82, 2.24) is 4.98 Å². The van der Waals surface area contributed by atoms with Gasteiger partial charge in [0, 0.05) is 25.3 Å². The van der Waals surface area contributed by atoms with Crippen molar-refractivity contribution in [2.45, 2.75) is 58.4 Å². The minimum Gasteiger partial charge on any atom is -0.357 e. The van der Waals surface area contributed by atoms with Gasteiger partial charge in [-0.1, -0.05) is 19.3 Å². The fourth-order valence-electron chi connectivity index (χ4n) is 4.01. The van der Waals surface area contributed by atoms with Gasteiger partial charge in [0.1, 0.15) is 5.82 Å². The van der Waals surface area contributed by atoms with E-state index in [1.165, 1.54) is 63.6 Å². The third-order valence-corrected chi connectivity index (χ3v) is 5.30. The Morgan fingerprint density at radius 3 is 2.45 bits per heavy atom. The summed E-state index contributed by atoms with van der Waals surface area (Å²) in [4.78, 5) is 7.17. The lowest BCUT2D eigenvalue weighted by atomic mass is 9.68. The van der Waals surface area contributed by atoms with Crippen LogP contribution in [0.1, 0.15) is 56.2 Å². The highest BCUT2D eigenvalue weighted by Gasteiger charge is 2.35. The molecule has 0 amide bonds. The minimum absolute atomic E-state index is 0.605. The first-order valence-electron chi connectivity index (χ1n) is 8.13. The number of hydrogen-bond acceptors (Lipinski definition) is 3. The summed E-state index contributed by atoms with van der Waals surface area (Å²) in [5, 5.41) is 0.